The standard InChI is InChI=1S/C18H24N4O4/c1-12-6-2-3-7-13(12)22-16(25)15(24)21(17(22)26)10-14(23)20-18(11-19)8-4-5-9-18/h12-13H,2-10H2,1H3,(H,20,23)/t12-,13+/m1/s1. The number of rotatable bonds is 4. The van der Waals surface area contributed by atoms with Crippen LogP contribution in [0.15, 0.2) is 0 Å². The lowest BCUT2D eigenvalue weighted by Crippen LogP contribution is -2.50. The molecule has 3 aliphatic rings. The van der Waals surface area contributed by atoms with Crippen LogP contribution in [0.5, 0.6) is 0 Å². The summed E-state index contributed by atoms with van der Waals surface area (Å²) in [7, 11) is 0. The summed E-state index contributed by atoms with van der Waals surface area (Å²) in [5.41, 5.74) is -0.926. The van der Waals surface area contributed by atoms with E-state index in [1.54, 1.807) is 0 Å². The van der Waals surface area contributed by atoms with Crippen molar-refractivity contribution in [1.29, 1.82) is 5.26 Å². The molecule has 0 bridgehead atoms. The SMILES string of the molecule is C[C@@H]1CCCC[C@@H]1N1C(=O)C(=O)N(CC(=O)NC2(C#N)CCCC2)C1=O. The smallest absolute Gasteiger partial charge is 0.334 e. The first-order valence-electron chi connectivity index (χ1n) is 9.30. The van der Waals surface area contributed by atoms with Crippen LogP contribution in [0.2, 0.25) is 0 Å². The van der Waals surface area contributed by atoms with Gasteiger partial charge in [0.25, 0.3) is 0 Å². The fourth-order valence-corrected chi connectivity index (χ4v) is 4.33. The van der Waals surface area contributed by atoms with Crippen LogP contribution in [-0.2, 0) is 14.4 Å². The monoisotopic (exact) mass is 360 g/mol. The lowest BCUT2D eigenvalue weighted by Gasteiger charge is -2.34. The third-order valence-electron chi connectivity index (χ3n) is 5.83. The molecule has 1 heterocycles. The molecule has 8 nitrogen and oxygen atoms in total. The van der Waals surface area contributed by atoms with Gasteiger partial charge in [0.2, 0.25) is 5.91 Å². The van der Waals surface area contributed by atoms with Gasteiger partial charge in [0, 0.05) is 6.04 Å². The van der Waals surface area contributed by atoms with Crippen LogP contribution in [0.4, 0.5) is 4.79 Å². The highest BCUT2D eigenvalue weighted by atomic mass is 16.2. The summed E-state index contributed by atoms with van der Waals surface area (Å²) in [4.78, 5) is 51.3. The molecule has 8 heteroatoms. The second-order valence-corrected chi connectivity index (χ2v) is 7.63. The Morgan fingerprint density at radius 1 is 1.15 bits per heavy atom. The zero-order chi connectivity index (χ0) is 18.9. The predicted octanol–water partition coefficient (Wildman–Crippen LogP) is 1.31. The minimum atomic E-state index is -0.958. The average molecular weight is 360 g/mol. The molecule has 1 aliphatic heterocycles. The van der Waals surface area contributed by atoms with Crippen molar-refractivity contribution in [2.75, 3.05) is 6.54 Å². The fourth-order valence-electron chi connectivity index (χ4n) is 4.33. The van der Waals surface area contributed by atoms with Gasteiger partial charge in [-0.1, -0.05) is 19.8 Å². The van der Waals surface area contributed by atoms with E-state index >= 15 is 0 Å². The molecule has 3 rings (SSSR count). The van der Waals surface area contributed by atoms with Crippen LogP contribution >= 0.6 is 0 Å². The number of hydrogen-bond acceptors (Lipinski definition) is 5. The number of carbonyl (C=O) groups is 4. The first kappa shape index (κ1) is 18.4. The van der Waals surface area contributed by atoms with Crippen molar-refractivity contribution in [1.82, 2.24) is 15.1 Å². The van der Waals surface area contributed by atoms with Crippen LogP contribution in [0.25, 0.3) is 0 Å². The van der Waals surface area contributed by atoms with Crippen molar-refractivity contribution in [3.05, 3.63) is 0 Å². The Labute approximate surface area is 152 Å². The maximum atomic E-state index is 12.7. The van der Waals surface area contributed by atoms with Gasteiger partial charge in [0.15, 0.2) is 0 Å². The number of hydrogen-bond donors (Lipinski definition) is 1. The lowest BCUT2D eigenvalue weighted by molar-refractivity contribution is -0.145. The van der Waals surface area contributed by atoms with E-state index in [1.165, 1.54) is 0 Å². The maximum absolute atomic E-state index is 12.7. The predicted molar refractivity (Wildman–Crippen MR) is 90.3 cm³/mol. The quantitative estimate of drug-likeness (QED) is 0.600. The Morgan fingerprint density at radius 2 is 1.81 bits per heavy atom. The van der Waals surface area contributed by atoms with Crippen LogP contribution in [-0.4, -0.2) is 51.7 Å². The van der Waals surface area contributed by atoms with E-state index in [2.05, 4.69) is 11.4 Å². The number of nitrogens with zero attached hydrogens (tertiary/aromatic N) is 3. The molecule has 0 aromatic carbocycles. The molecule has 2 aliphatic carbocycles. The minimum absolute atomic E-state index is 0.138. The number of nitrogens with one attached hydrogen (secondary N) is 1. The fraction of sp³-hybridized carbons (Fsp3) is 0.722. The molecule has 2 atom stereocenters. The highest BCUT2D eigenvalue weighted by Crippen LogP contribution is 2.31. The van der Waals surface area contributed by atoms with E-state index in [0.717, 1.165) is 37.0 Å². The van der Waals surface area contributed by atoms with Crippen LogP contribution in [0, 0.1) is 17.2 Å². The molecule has 2 saturated carbocycles. The second kappa shape index (κ2) is 7.06. The highest BCUT2D eigenvalue weighted by molar-refractivity contribution is 6.45. The second-order valence-electron chi connectivity index (χ2n) is 7.63. The number of urea groups is 1. The van der Waals surface area contributed by atoms with Crippen molar-refractivity contribution < 1.29 is 19.2 Å². The maximum Gasteiger partial charge on any atom is 0.334 e. The van der Waals surface area contributed by atoms with Gasteiger partial charge in [-0.25, -0.2) is 9.69 Å². The van der Waals surface area contributed by atoms with Crippen molar-refractivity contribution in [3.63, 3.8) is 0 Å². The Morgan fingerprint density at radius 3 is 2.42 bits per heavy atom. The average Bonchev–Trinajstić information content (AvgIpc) is 3.16. The number of nitriles is 1. The Hall–Kier alpha value is -2.43. The topological polar surface area (TPSA) is 111 Å². The molecule has 0 aromatic rings. The van der Waals surface area contributed by atoms with E-state index in [0.29, 0.717) is 24.2 Å². The van der Waals surface area contributed by atoms with Gasteiger partial charge in [-0.2, -0.15) is 5.26 Å². The van der Waals surface area contributed by atoms with Crippen molar-refractivity contribution >= 4 is 23.8 Å². The highest BCUT2D eigenvalue weighted by Gasteiger charge is 2.50. The van der Waals surface area contributed by atoms with Crippen LogP contribution in [0.3, 0.4) is 0 Å². The van der Waals surface area contributed by atoms with Gasteiger partial charge < -0.3 is 5.32 Å². The van der Waals surface area contributed by atoms with Crippen molar-refractivity contribution in [2.45, 2.75) is 69.9 Å². The molecule has 26 heavy (non-hydrogen) atoms. The summed E-state index contributed by atoms with van der Waals surface area (Å²) in [5.74, 6) is -2.25. The van der Waals surface area contributed by atoms with Crippen LogP contribution < -0.4 is 5.32 Å². The molecule has 3 fully saturated rings. The molecular weight excluding hydrogens is 336 g/mol. The van der Waals surface area contributed by atoms with Gasteiger partial charge in [-0.15, -0.1) is 0 Å². The zero-order valence-corrected chi connectivity index (χ0v) is 15.0. The first-order chi connectivity index (χ1) is 12.4. The number of imide groups is 2. The molecule has 1 saturated heterocycles. The van der Waals surface area contributed by atoms with Gasteiger partial charge in [-0.3, -0.25) is 19.3 Å². The molecule has 1 N–H and O–H groups in total. The van der Waals surface area contributed by atoms with Gasteiger partial charge in [0.05, 0.1) is 6.07 Å². The van der Waals surface area contributed by atoms with E-state index in [-0.39, 0.29) is 12.0 Å². The summed E-state index contributed by atoms with van der Waals surface area (Å²) >= 11 is 0. The van der Waals surface area contributed by atoms with Gasteiger partial charge in [-0.05, 0) is 44.4 Å². The largest absolute Gasteiger partial charge is 0.336 e. The normalized spacial score (nSPS) is 28.4. The van der Waals surface area contributed by atoms with E-state index in [4.69, 9.17) is 0 Å². The molecule has 140 valence electrons. The van der Waals surface area contributed by atoms with Gasteiger partial charge in [0.1, 0.15) is 12.1 Å². The summed E-state index contributed by atoms with van der Waals surface area (Å²) in [6.45, 7) is 1.45. The molecular formula is C18H24N4O4. The summed E-state index contributed by atoms with van der Waals surface area (Å²) in [6, 6.07) is 1.13. The van der Waals surface area contributed by atoms with Crippen molar-refractivity contribution in [2.24, 2.45) is 5.92 Å². The molecule has 0 aromatic heterocycles. The van der Waals surface area contributed by atoms with Crippen molar-refractivity contribution in [3.8, 4) is 6.07 Å². The Balaban J connectivity index is 1.69. The number of amides is 5. The van der Waals surface area contributed by atoms with Gasteiger partial charge >= 0.3 is 17.8 Å². The molecule has 0 radical (unpaired) electrons. The first-order valence-corrected chi connectivity index (χ1v) is 9.30. The zero-order valence-electron chi connectivity index (χ0n) is 15.0. The lowest BCUT2D eigenvalue weighted by atomic mass is 9.85. The summed E-state index contributed by atoms with van der Waals surface area (Å²) in [6.07, 6.45) is 6.35. The number of carbonyl (C=O) groups excluding carboxylic acids is 4. The summed E-state index contributed by atoms with van der Waals surface area (Å²) < 4.78 is 0. The minimum Gasteiger partial charge on any atom is -0.336 e. The van der Waals surface area contributed by atoms with E-state index in [9.17, 15) is 24.4 Å². The third-order valence-corrected chi connectivity index (χ3v) is 5.83. The molecule has 0 unspecified atom stereocenters. The van der Waals surface area contributed by atoms with Crippen LogP contribution in [0.1, 0.15) is 58.3 Å². The summed E-state index contributed by atoms with van der Waals surface area (Å²) in [5, 5.41) is 12.0. The third kappa shape index (κ3) is 3.18. The Bertz CT molecular complexity index is 677. The van der Waals surface area contributed by atoms with E-state index in [1.807, 2.05) is 6.92 Å². The molecule has 0 spiro atoms. The Kier molecular flexibility index (Phi) is 4.99. The van der Waals surface area contributed by atoms with E-state index < -0.39 is 35.8 Å². The molecule has 5 amide bonds.